The zero-order valence-electron chi connectivity index (χ0n) is 11.4. The number of hydrogen-bond acceptors (Lipinski definition) is 3. The summed E-state index contributed by atoms with van der Waals surface area (Å²) < 4.78 is 0. The van der Waals surface area contributed by atoms with E-state index in [2.05, 4.69) is 9.98 Å². The van der Waals surface area contributed by atoms with Crippen molar-refractivity contribution in [1.29, 1.82) is 0 Å². The number of rotatable bonds is 4. The quantitative estimate of drug-likeness (QED) is 0.449. The normalized spacial score (nSPS) is 11.4. The molecular weight excluding hydrogens is 224 g/mol. The maximum absolute atomic E-state index is 12.0. The van der Waals surface area contributed by atoms with Crippen LogP contribution in [0.1, 0.15) is 38.1 Å². The first-order valence-electron chi connectivity index (χ1n) is 6.06. The third-order valence-electron chi connectivity index (χ3n) is 1.88. The molecule has 0 aliphatic carbocycles. The van der Waals surface area contributed by atoms with E-state index in [1.807, 2.05) is 32.0 Å². The lowest BCUT2D eigenvalue weighted by molar-refractivity contribution is 0.103. The summed E-state index contributed by atoms with van der Waals surface area (Å²) >= 11 is 0. The van der Waals surface area contributed by atoms with Gasteiger partial charge in [-0.3, -0.25) is 14.8 Å². The van der Waals surface area contributed by atoms with E-state index in [0.29, 0.717) is 11.3 Å². The smallest absolute Gasteiger partial charge is 0.212 e. The average molecular weight is 244 g/mol. The van der Waals surface area contributed by atoms with Crippen LogP contribution in [0.25, 0.3) is 0 Å². The first kappa shape index (κ1) is 16.0. The molecule has 18 heavy (non-hydrogen) atoms. The number of carbonyl (C=O) groups excluding carboxylic acids is 1. The molecule has 0 spiro atoms. The molecule has 0 aromatic heterocycles. The molecule has 1 rings (SSSR count). The van der Waals surface area contributed by atoms with E-state index in [1.165, 1.54) is 6.20 Å². The van der Waals surface area contributed by atoms with Gasteiger partial charge in [0.1, 0.15) is 5.70 Å². The summed E-state index contributed by atoms with van der Waals surface area (Å²) in [6, 6.07) is 9.04. The van der Waals surface area contributed by atoms with Crippen molar-refractivity contribution in [3.63, 3.8) is 0 Å². The minimum Gasteiger partial charge on any atom is -0.287 e. The molecular formula is C15H20N2O. The van der Waals surface area contributed by atoms with E-state index >= 15 is 0 Å². The Balaban J connectivity index is 0.00000137. The van der Waals surface area contributed by atoms with Crippen molar-refractivity contribution in [3.05, 3.63) is 47.8 Å². The molecule has 0 amide bonds. The minimum atomic E-state index is -0.121. The van der Waals surface area contributed by atoms with Crippen molar-refractivity contribution < 1.29 is 4.79 Å². The standard InChI is InChI=1S/C13H14N2O.C2H6/c1-3-14-10-12(15-4-2)13(16)11-8-6-5-7-9-11;1-2/h3-10H,1-2H3;1-2H3/b12-10-,14-3?,15-4?;. The number of hydrogen-bond donors (Lipinski definition) is 0. The number of aliphatic imine (C=N–C) groups is 2. The highest BCUT2D eigenvalue weighted by molar-refractivity contribution is 6.09. The lowest BCUT2D eigenvalue weighted by Gasteiger charge is -1.99. The van der Waals surface area contributed by atoms with Crippen LogP contribution in [0.4, 0.5) is 0 Å². The topological polar surface area (TPSA) is 41.8 Å². The highest BCUT2D eigenvalue weighted by atomic mass is 16.1. The van der Waals surface area contributed by atoms with Crippen LogP contribution in [-0.4, -0.2) is 18.2 Å². The summed E-state index contributed by atoms with van der Waals surface area (Å²) in [5.74, 6) is -0.121. The Morgan fingerprint density at radius 3 is 2.17 bits per heavy atom. The van der Waals surface area contributed by atoms with Gasteiger partial charge >= 0.3 is 0 Å². The molecule has 3 heteroatoms. The van der Waals surface area contributed by atoms with Crippen LogP contribution < -0.4 is 0 Å². The van der Waals surface area contributed by atoms with Crippen molar-refractivity contribution in [3.8, 4) is 0 Å². The first-order chi connectivity index (χ1) is 8.79. The van der Waals surface area contributed by atoms with Gasteiger partial charge in [-0.2, -0.15) is 0 Å². The van der Waals surface area contributed by atoms with E-state index in [9.17, 15) is 4.79 Å². The van der Waals surface area contributed by atoms with E-state index < -0.39 is 0 Å². The Morgan fingerprint density at radius 2 is 1.67 bits per heavy atom. The second-order valence-electron chi connectivity index (χ2n) is 3.00. The van der Waals surface area contributed by atoms with Crippen LogP contribution in [0.2, 0.25) is 0 Å². The van der Waals surface area contributed by atoms with Gasteiger partial charge in [-0.25, -0.2) is 0 Å². The molecule has 96 valence electrons. The molecule has 0 bridgehead atoms. The summed E-state index contributed by atoms with van der Waals surface area (Å²) in [6.45, 7) is 7.55. The van der Waals surface area contributed by atoms with Crippen LogP contribution >= 0.6 is 0 Å². The number of carbonyl (C=O) groups is 1. The summed E-state index contributed by atoms with van der Waals surface area (Å²) in [5.41, 5.74) is 0.956. The van der Waals surface area contributed by atoms with Gasteiger partial charge in [-0.1, -0.05) is 44.2 Å². The Morgan fingerprint density at radius 1 is 1.06 bits per heavy atom. The summed E-state index contributed by atoms with van der Waals surface area (Å²) in [4.78, 5) is 19.9. The average Bonchev–Trinajstić information content (AvgIpc) is 2.46. The molecule has 0 saturated carbocycles. The van der Waals surface area contributed by atoms with Crippen LogP contribution in [0.5, 0.6) is 0 Å². The monoisotopic (exact) mass is 244 g/mol. The molecule has 0 N–H and O–H groups in total. The van der Waals surface area contributed by atoms with Gasteiger partial charge in [0.2, 0.25) is 5.78 Å². The number of ketones is 1. The van der Waals surface area contributed by atoms with E-state index in [1.54, 1.807) is 38.4 Å². The van der Waals surface area contributed by atoms with Gasteiger partial charge in [0.25, 0.3) is 0 Å². The highest BCUT2D eigenvalue weighted by Crippen LogP contribution is 2.09. The summed E-state index contributed by atoms with van der Waals surface area (Å²) in [6.07, 6.45) is 4.66. The van der Waals surface area contributed by atoms with Gasteiger partial charge in [0.15, 0.2) is 0 Å². The number of benzene rings is 1. The zero-order chi connectivity index (χ0) is 13.8. The second kappa shape index (κ2) is 10.1. The predicted molar refractivity (Wildman–Crippen MR) is 78.5 cm³/mol. The molecule has 1 aromatic carbocycles. The highest BCUT2D eigenvalue weighted by Gasteiger charge is 2.09. The predicted octanol–water partition coefficient (Wildman–Crippen LogP) is 3.92. The van der Waals surface area contributed by atoms with Crippen molar-refractivity contribution in [2.24, 2.45) is 9.98 Å². The van der Waals surface area contributed by atoms with Crippen molar-refractivity contribution >= 4 is 18.2 Å². The van der Waals surface area contributed by atoms with E-state index in [4.69, 9.17) is 0 Å². The zero-order valence-corrected chi connectivity index (χ0v) is 11.4. The van der Waals surface area contributed by atoms with Gasteiger partial charge in [-0.15, -0.1) is 0 Å². The lowest BCUT2D eigenvalue weighted by Crippen LogP contribution is -2.01. The molecule has 0 atom stereocenters. The molecule has 0 aliphatic rings. The van der Waals surface area contributed by atoms with Gasteiger partial charge in [-0.05, 0) is 13.8 Å². The summed E-state index contributed by atoms with van der Waals surface area (Å²) in [7, 11) is 0. The van der Waals surface area contributed by atoms with Gasteiger partial charge < -0.3 is 0 Å². The number of allylic oxidation sites excluding steroid dienone is 1. The fourth-order valence-corrected chi connectivity index (χ4v) is 1.17. The SMILES string of the molecule is CC.CC=N/C=C(\N=CC)C(=O)c1ccccc1. The minimum absolute atomic E-state index is 0.121. The van der Waals surface area contributed by atoms with Crippen molar-refractivity contribution in [1.82, 2.24) is 0 Å². The fraction of sp³-hybridized carbons (Fsp3) is 0.267. The third kappa shape index (κ3) is 5.34. The summed E-state index contributed by atoms with van der Waals surface area (Å²) in [5, 5.41) is 0. The second-order valence-corrected chi connectivity index (χ2v) is 3.00. The van der Waals surface area contributed by atoms with E-state index in [-0.39, 0.29) is 5.78 Å². The van der Waals surface area contributed by atoms with E-state index in [0.717, 1.165) is 0 Å². The van der Waals surface area contributed by atoms with Crippen LogP contribution in [0.3, 0.4) is 0 Å². The molecule has 0 heterocycles. The Labute approximate surface area is 109 Å². The Kier molecular flexibility index (Phi) is 9.00. The first-order valence-corrected chi connectivity index (χ1v) is 6.06. The molecule has 0 saturated heterocycles. The maximum Gasteiger partial charge on any atom is 0.212 e. The molecule has 0 radical (unpaired) electrons. The van der Waals surface area contributed by atoms with Crippen LogP contribution in [0.15, 0.2) is 52.2 Å². The maximum atomic E-state index is 12.0. The Hall–Kier alpha value is -2.03. The molecule has 0 aliphatic heterocycles. The Bertz CT molecular complexity index is 431. The molecule has 3 nitrogen and oxygen atoms in total. The molecule has 0 fully saturated rings. The van der Waals surface area contributed by atoms with Crippen LogP contribution in [-0.2, 0) is 0 Å². The lowest BCUT2D eigenvalue weighted by atomic mass is 10.1. The molecule has 0 unspecified atom stereocenters. The largest absolute Gasteiger partial charge is 0.287 e. The fourth-order valence-electron chi connectivity index (χ4n) is 1.17. The van der Waals surface area contributed by atoms with Crippen LogP contribution in [0, 0.1) is 0 Å². The van der Waals surface area contributed by atoms with Crippen molar-refractivity contribution in [2.75, 3.05) is 0 Å². The number of nitrogens with zero attached hydrogens (tertiary/aromatic N) is 2. The van der Waals surface area contributed by atoms with Crippen molar-refractivity contribution in [2.45, 2.75) is 27.7 Å². The van der Waals surface area contributed by atoms with Gasteiger partial charge in [0.05, 0.1) is 6.20 Å². The number of Topliss-reactive ketones (excluding diaryl/α,β-unsaturated/α-hetero) is 1. The molecule has 1 aromatic rings. The third-order valence-corrected chi connectivity index (χ3v) is 1.88. The van der Waals surface area contributed by atoms with Gasteiger partial charge in [0, 0.05) is 18.0 Å².